The van der Waals surface area contributed by atoms with Crippen molar-refractivity contribution in [1.82, 2.24) is 4.57 Å². The summed E-state index contributed by atoms with van der Waals surface area (Å²) >= 11 is 1.32. The van der Waals surface area contributed by atoms with E-state index in [9.17, 15) is 14.9 Å². The zero-order valence-corrected chi connectivity index (χ0v) is 21.0. The first-order valence-corrected chi connectivity index (χ1v) is 12.9. The Morgan fingerprint density at radius 3 is 2.74 bits per heavy atom. The molecule has 1 aromatic heterocycles. The van der Waals surface area contributed by atoms with Crippen LogP contribution in [0.4, 0.5) is 5.69 Å². The number of rotatable bonds is 5. The molecule has 0 spiro atoms. The van der Waals surface area contributed by atoms with Crippen molar-refractivity contribution in [2.75, 3.05) is 6.61 Å². The number of terminal acetylenes is 1. The van der Waals surface area contributed by atoms with E-state index in [1.165, 1.54) is 23.0 Å². The maximum atomic E-state index is 13.8. The maximum absolute atomic E-state index is 13.8. The van der Waals surface area contributed by atoms with Crippen LogP contribution in [0, 0.1) is 22.5 Å². The Morgan fingerprint density at radius 1 is 1.13 bits per heavy atom. The summed E-state index contributed by atoms with van der Waals surface area (Å²) in [4.78, 5) is 30.5. The average Bonchev–Trinajstić information content (AvgIpc) is 3.25. The van der Waals surface area contributed by atoms with Gasteiger partial charge < -0.3 is 4.74 Å². The molecule has 0 radical (unpaired) electrons. The first-order valence-electron chi connectivity index (χ1n) is 12.1. The molecule has 4 aromatic rings. The molecule has 2 heterocycles. The molecule has 1 aliphatic carbocycles. The normalized spacial score (nSPS) is 16.1. The number of nitro groups is 1. The van der Waals surface area contributed by atoms with Gasteiger partial charge in [0.05, 0.1) is 21.2 Å². The Labute approximate surface area is 221 Å². The minimum absolute atomic E-state index is 0.00729. The van der Waals surface area contributed by atoms with Gasteiger partial charge in [-0.3, -0.25) is 19.5 Å². The predicted octanol–water partition coefficient (Wildman–Crippen LogP) is 4.24. The Morgan fingerprint density at radius 2 is 1.95 bits per heavy atom. The molecule has 1 atom stereocenters. The lowest BCUT2D eigenvalue weighted by molar-refractivity contribution is -0.384. The Bertz CT molecular complexity index is 1840. The van der Waals surface area contributed by atoms with Gasteiger partial charge in [-0.2, -0.15) is 0 Å². The summed E-state index contributed by atoms with van der Waals surface area (Å²) in [5, 5.41) is 11.6. The number of nitro benzene ring substituents is 1. The SMILES string of the molecule is C#CCOc1ccc(C=c2sc3n(c2=O)C(c2cccc([N+](=O)[O-])c2)C2=C(N=3)c3ccccc3CC2)cc1. The van der Waals surface area contributed by atoms with Gasteiger partial charge >= 0.3 is 0 Å². The molecule has 1 unspecified atom stereocenters. The number of allylic oxidation sites excluding steroid dienone is 1. The van der Waals surface area contributed by atoms with E-state index in [1.54, 1.807) is 16.7 Å². The lowest BCUT2D eigenvalue weighted by Gasteiger charge is -2.30. The third kappa shape index (κ3) is 4.13. The lowest BCUT2D eigenvalue weighted by atomic mass is 9.83. The van der Waals surface area contributed by atoms with Gasteiger partial charge in [-0.05, 0) is 53.3 Å². The topological polar surface area (TPSA) is 86.7 Å². The van der Waals surface area contributed by atoms with Gasteiger partial charge in [0.25, 0.3) is 11.2 Å². The molecule has 2 aliphatic rings. The summed E-state index contributed by atoms with van der Waals surface area (Å²) in [6.45, 7) is 0.184. The molecule has 6 rings (SSSR count). The van der Waals surface area contributed by atoms with Gasteiger partial charge in [0, 0.05) is 17.7 Å². The number of hydrogen-bond donors (Lipinski definition) is 0. The molecule has 8 heteroatoms. The van der Waals surface area contributed by atoms with Gasteiger partial charge in [0.1, 0.15) is 12.4 Å². The third-order valence-electron chi connectivity index (χ3n) is 6.77. The second kappa shape index (κ2) is 9.61. The number of aromatic nitrogens is 1. The number of benzene rings is 3. The molecule has 7 nitrogen and oxygen atoms in total. The number of hydrogen-bond acceptors (Lipinski definition) is 6. The van der Waals surface area contributed by atoms with Crippen molar-refractivity contribution in [2.45, 2.75) is 18.9 Å². The first kappa shape index (κ1) is 23.6. The van der Waals surface area contributed by atoms with Gasteiger partial charge in [0.2, 0.25) is 0 Å². The molecule has 0 saturated heterocycles. The number of nitrogens with zero attached hydrogens (tertiary/aromatic N) is 3. The number of non-ortho nitro benzene ring substituents is 1. The van der Waals surface area contributed by atoms with Crippen molar-refractivity contribution in [1.29, 1.82) is 0 Å². The van der Waals surface area contributed by atoms with Crippen LogP contribution in [0.1, 0.15) is 34.7 Å². The third-order valence-corrected chi connectivity index (χ3v) is 7.75. The second-order valence-electron chi connectivity index (χ2n) is 9.03. The summed E-state index contributed by atoms with van der Waals surface area (Å²) in [6.07, 6.45) is 8.61. The highest BCUT2D eigenvalue weighted by molar-refractivity contribution is 7.07. The summed E-state index contributed by atoms with van der Waals surface area (Å²) in [5.74, 6) is 3.09. The van der Waals surface area contributed by atoms with E-state index >= 15 is 0 Å². The fourth-order valence-corrected chi connectivity index (χ4v) is 6.07. The van der Waals surface area contributed by atoms with E-state index in [2.05, 4.69) is 18.1 Å². The largest absolute Gasteiger partial charge is 0.481 e. The molecule has 0 amide bonds. The van der Waals surface area contributed by atoms with Gasteiger partial charge in [-0.1, -0.05) is 65.8 Å². The van der Waals surface area contributed by atoms with Crippen molar-refractivity contribution in [3.8, 4) is 18.1 Å². The van der Waals surface area contributed by atoms with Crippen LogP contribution in [0.15, 0.2) is 88.2 Å². The number of fused-ring (bicyclic) bond motifs is 3. The summed E-state index contributed by atoms with van der Waals surface area (Å²) in [6, 6.07) is 21.6. The Kier molecular flexibility index (Phi) is 5.98. The van der Waals surface area contributed by atoms with E-state index in [0.717, 1.165) is 28.8 Å². The smallest absolute Gasteiger partial charge is 0.271 e. The zero-order valence-electron chi connectivity index (χ0n) is 20.2. The number of aryl methyl sites for hydroxylation is 1. The molecule has 0 N–H and O–H groups in total. The molecule has 1 aliphatic heterocycles. The highest BCUT2D eigenvalue weighted by Gasteiger charge is 2.33. The van der Waals surface area contributed by atoms with Crippen molar-refractivity contribution in [2.24, 2.45) is 4.99 Å². The standard InChI is InChI=1S/C30H21N3O4S/c1-2-16-37-23-13-10-19(11-14-23)17-26-29(34)32-28(21-7-5-8-22(18-21)33(35)36)25-15-12-20-6-3-4-9-24(20)27(25)31-30(32)38-26/h1,3-11,13-14,17-18,28H,12,15-16H2. The Hall–Kier alpha value is -4.74. The van der Waals surface area contributed by atoms with Crippen LogP contribution < -0.4 is 19.6 Å². The van der Waals surface area contributed by atoms with Crippen LogP contribution in [0.25, 0.3) is 11.8 Å². The molecule has 0 bridgehead atoms. The second-order valence-corrected chi connectivity index (χ2v) is 10.0. The highest BCUT2D eigenvalue weighted by Crippen LogP contribution is 2.41. The molecule has 0 saturated carbocycles. The molecule has 186 valence electrons. The highest BCUT2D eigenvalue weighted by atomic mass is 32.1. The van der Waals surface area contributed by atoms with Crippen LogP contribution in [0.2, 0.25) is 0 Å². The fourth-order valence-electron chi connectivity index (χ4n) is 5.07. The molecule has 3 aromatic carbocycles. The summed E-state index contributed by atoms with van der Waals surface area (Å²) < 4.78 is 7.66. The van der Waals surface area contributed by atoms with E-state index in [0.29, 0.717) is 27.1 Å². The summed E-state index contributed by atoms with van der Waals surface area (Å²) in [5.41, 5.74) is 5.45. The van der Waals surface area contributed by atoms with E-state index < -0.39 is 11.0 Å². The monoisotopic (exact) mass is 519 g/mol. The minimum atomic E-state index is -0.476. The van der Waals surface area contributed by atoms with Crippen molar-refractivity contribution >= 4 is 28.8 Å². The average molecular weight is 520 g/mol. The van der Waals surface area contributed by atoms with Crippen LogP contribution in [-0.2, 0) is 6.42 Å². The van der Waals surface area contributed by atoms with Crippen LogP contribution in [0.5, 0.6) is 5.75 Å². The predicted molar refractivity (Wildman–Crippen MR) is 147 cm³/mol. The van der Waals surface area contributed by atoms with Gasteiger partial charge in [-0.25, -0.2) is 4.99 Å². The van der Waals surface area contributed by atoms with E-state index in [1.807, 2.05) is 48.5 Å². The number of thiazole rings is 1. The maximum Gasteiger partial charge on any atom is 0.271 e. The van der Waals surface area contributed by atoms with Gasteiger partial charge in [0.15, 0.2) is 4.80 Å². The Balaban J connectivity index is 1.54. The van der Waals surface area contributed by atoms with Crippen molar-refractivity contribution < 1.29 is 9.66 Å². The molecular weight excluding hydrogens is 498 g/mol. The van der Waals surface area contributed by atoms with Crippen LogP contribution in [0.3, 0.4) is 0 Å². The van der Waals surface area contributed by atoms with Gasteiger partial charge in [-0.15, -0.1) is 6.42 Å². The lowest BCUT2D eigenvalue weighted by Crippen LogP contribution is -2.38. The van der Waals surface area contributed by atoms with E-state index in [-0.39, 0.29) is 17.9 Å². The number of ether oxygens (including phenoxy) is 1. The van der Waals surface area contributed by atoms with Crippen molar-refractivity contribution in [3.63, 3.8) is 0 Å². The van der Waals surface area contributed by atoms with Crippen molar-refractivity contribution in [3.05, 3.63) is 130 Å². The fraction of sp³-hybridized carbons (Fsp3) is 0.133. The molecular formula is C30H21N3O4S. The quantitative estimate of drug-likeness (QED) is 0.224. The van der Waals surface area contributed by atoms with Crippen LogP contribution in [-0.4, -0.2) is 16.1 Å². The minimum Gasteiger partial charge on any atom is -0.481 e. The molecule has 38 heavy (non-hydrogen) atoms. The summed E-state index contributed by atoms with van der Waals surface area (Å²) in [7, 11) is 0. The van der Waals surface area contributed by atoms with Crippen LogP contribution >= 0.6 is 11.3 Å². The van der Waals surface area contributed by atoms with E-state index in [4.69, 9.17) is 16.2 Å². The first-order chi connectivity index (χ1) is 18.5. The molecule has 0 fully saturated rings. The zero-order chi connectivity index (χ0) is 26.2.